The summed E-state index contributed by atoms with van der Waals surface area (Å²) in [6.07, 6.45) is 4.54. The van der Waals surface area contributed by atoms with Gasteiger partial charge < -0.3 is 5.73 Å². The van der Waals surface area contributed by atoms with Crippen molar-refractivity contribution in [2.45, 2.75) is 39.5 Å². The molecule has 1 amide bonds. The van der Waals surface area contributed by atoms with Gasteiger partial charge in [-0.05, 0) is 18.3 Å². The number of primary amides is 1. The molecule has 1 fully saturated rings. The van der Waals surface area contributed by atoms with E-state index in [1.807, 2.05) is 0 Å². The van der Waals surface area contributed by atoms with Crippen LogP contribution in [-0.4, -0.2) is 5.91 Å². The van der Waals surface area contributed by atoms with Gasteiger partial charge in [0.15, 0.2) is 0 Å². The molecule has 1 aliphatic carbocycles. The number of carbonyl (C=O) groups is 1. The smallest absolute Gasteiger partial charge is 0.221 e. The maximum atomic E-state index is 11.0. The van der Waals surface area contributed by atoms with E-state index in [0.717, 1.165) is 19.3 Å². The van der Waals surface area contributed by atoms with Gasteiger partial charge >= 0.3 is 0 Å². The molecule has 11 heavy (non-hydrogen) atoms. The van der Waals surface area contributed by atoms with E-state index in [9.17, 15) is 4.79 Å². The van der Waals surface area contributed by atoms with Crippen molar-refractivity contribution in [2.24, 2.45) is 17.1 Å². The maximum Gasteiger partial charge on any atom is 0.221 e. The van der Waals surface area contributed by atoms with E-state index >= 15 is 0 Å². The van der Waals surface area contributed by atoms with Crippen LogP contribution in [0.2, 0.25) is 0 Å². The summed E-state index contributed by atoms with van der Waals surface area (Å²) in [7, 11) is 0. The quantitative estimate of drug-likeness (QED) is 0.615. The molecule has 2 heteroatoms. The van der Waals surface area contributed by atoms with Crippen molar-refractivity contribution in [3.05, 3.63) is 0 Å². The van der Waals surface area contributed by atoms with Crippen LogP contribution in [0.25, 0.3) is 0 Å². The van der Waals surface area contributed by atoms with Gasteiger partial charge in [-0.15, -0.1) is 0 Å². The fourth-order valence-electron chi connectivity index (χ4n) is 2.02. The van der Waals surface area contributed by atoms with Crippen LogP contribution in [0, 0.1) is 11.3 Å². The second kappa shape index (κ2) is 2.84. The van der Waals surface area contributed by atoms with Crippen LogP contribution in [0.15, 0.2) is 0 Å². The molecule has 0 bridgehead atoms. The topological polar surface area (TPSA) is 43.1 Å². The van der Waals surface area contributed by atoms with Gasteiger partial charge in [-0.25, -0.2) is 0 Å². The first-order valence-electron chi connectivity index (χ1n) is 4.33. The maximum absolute atomic E-state index is 11.0. The molecular weight excluding hydrogens is 138 g/mol. The zero-order chi connectivity index (χ0) is 8.48. The Labute approximate surface area is 68.2 Å². The van der Waals surface area contributed by atoms with Gasteiger partial charge in [-0.2, -0.15) is 0 Å². The highest BCUT2D eigenvalue weighted by Gasteiger charge is 2.35. The Morgan fingerprint density at radius 2 is 2.09 bits per heavy atom. The van der Waals surface area contributed by atoms with Crippen LogP contribution < -0.4 is 5.73 Å². The van der Waals surface area contributed by atoms with Crippen molar-refractivity contribution in [1.29, 1.82) is 0 Å². The van der Waals surface area contributed by atoms with Crippen LogP contribution in [0.3, 0.4) is 0 Å². The van der Waals surface area contributed by atoms with E-state index in [1.54, 1.807) is 0 Å². The van der Waals surface area contributed by atoms with Gasteiger partial charge in [-0.3, -0.25) is 4.79 Å². The van der Waals surface area contributed by atoms with E-state index in [1.165, 1.54) is 6.42 Å². The lowest BCUT2D eigenvalue weighted by Crippen LogP contribution is -2.37. The highest BCUT2D eigenvalue weighted by Crippen LogP contribution is 2.39. The van der Waals surface area contributed by atoms with E-state index in [0.29, 0.717) is 0 Å². The number of nitrogens with two attached hydrogens (primary N) is 1. The minimum atomic E-state index is -0.116. The third-order valence-electron chi connectivity index (χ3n) is 2.85. The van der Waals surface area contributed by atoms with Gasteiger partial charge in [0.05, 0.1) is 0 Å². The Hall–Kier alpha value is -0.530. The Morgan fingerprint density at radius 1 is 1.45 bits per heavy atom. The van der Waals surface area contributed by atoms with Crippen LogP contribution in [0.4, 0.5) is 0 Å². The number of rotatable bonds is 1. The first-order chi connectivity index (χ1) is 5.04. The average Bonchev–Trinajstić information content (AvgIpc) is 1.85. The molecule has 1 rings (SSSR count). The van der Waals surface area contributed by atoms with Crippen molar-refractivity contribution < 1.29 is 4.79 Å². The van der Waals surface area contributed by atoms with Crippen molar-refractivity contribution in [3.63, 3.8) is 0 Å². The lowest BCUT2D eigenvalue weighted by Gasteiger charge is -2.36. The Morgan fingerprint density at radius 3 is 2.45 bits per heavy atom. The Kier molecular flexibility index (Phi) is 2.21. The molecule has 0 spiro atoms. The zero-order valence-corrected chi connectivity index (χ0v) is 7.39. The number of carbonyl (C=O) groups excluding carboxylic acids is 1. The molecule has 0 unspecified atom stereocenters. The normalized spacial score (nSPS) is 29.8. The van der Waals surface area contributed by atoms with Gasteiger partial charge in [-0.1, -0.05) is 26.7 Å². The first kappa shape index (κ1) is 8.57. The molecule has 1 atom stereocenters. The molecule has 1 saturated carbocycles. The van der Waals surface area contributed by atoms with Crippen molar-refractivity contribution in [1.82, 2.24) is 0 Å². The van der Waals surface area contributed by atoms with E-state index in [4.69, 9.17) is 5.73 Å². The molecule has 0 heterocycles. The molecule has 0 aromatic rings. The Bertz CT molecular complexity index is 163. The SMILES string of the molecule is CC1(C)CCCC[C@@H]1C(N)=O. The second-order valence-electron chi connectivity index (χ2n) is 4.19. The monoisotopic (exact) mass is 155 g/mol. The number of hydrogen-bond donors (Lipinski definition) is 1. The summed E-state index contributed by atoms with van der Waals surface area (Å²) in [6.45, 7) is 4.28. The first-order valence-corrected chi connectivity index (χ1v) is 4.33. The summed E-state index contributed by atoms with van der Waals surface area (Å²) in [5.41, 5.74) is 5.45. The third-order valence-corrected chi connectivity index (χ3v) is 2.85. The summed E-state index contributed by atoms with van der Waals surface area (Å²) in [5, 5.41) is 0. The predicted octanol–water partition coefficient (Wildman–Crippen LogP) is 1.69. The molecule has 2 nitrogen and oxygen atoms in total. The summed E-state index contributed by atoms with van der Waals surface area (Å²) < 4.78 is 0. The van der Waals surface area contributed by atoms with Crippen LogP contribution in [0.5, 0.6) is 0 Å². The molecule has 0 aromatic carbocycles. The van der Waals surface area contributed by atoms with Gasteiger partial charge in [0, 0.05) is 5.92 Å². The van der Waals surface area contributed by atoms with Crippen molar-refractivity contribution >= 4 is 5.91 Å². The largest absolute Gasteiger partial charge is 0.369 e. The molecular formula is C9H17NO. The van der Waals surface area contributed by atoms with E-state index in [-0.39, 0.29) is 17.2 Å². The molecule has 2 N–H and O–H groups in total. The predicted molar refractivity (Wildman–Crippen MR) is 44.9 cm³/mol. The van der Waals surface area contributed by atoms with Crippen molar-refractivity contribution in [2.75, 3.05) is 0 Å². The molecule has 1 aliphatic rings. The Balaban J connectivity index is 2.67. The molecule has 0 aliphatic heterocycles. The standard InChI is InChI=1S/C9H17NO/c1-9(2)6-4-3-5-7(9)8(10)11/h7H,3-6H2,1-2H3,(H2,10,11)/t7-/m1/s1. The van der Waals surface area contributed by atoms with Gasteiger partial charge in [0.1, 0.15) is 0 Å². The van der Waals surface area contributed by atoms with Crippen molar-refractivity contribution in [3.8, 4) is 0 Å². The second-order valence-corrected chi connectivity index (χ2v) is 4.19. The fourth-order valence-corrected chi connectivity index (χ4v) is 2.02. The van der Waals surface area contributed by atoms with E-state index in [2.05, 4.69) is 13.8 Å². The minimum Gasteiger partial charge on any atom is -0.369 e. The summed E-state index contributed by atoms with van der Waals surface area (Å²) in [5.74, 6) is -0.00838. The van der Waals surface area contributed by atoms with Gasteiger partial charge in [0.25, 0.3) is 0 Å². The molecule has 0 radical (unpaired) electrons. The highest BCUT2D eigenvalue weighted by atomic mass is 16.1. The van der Waals surface area contributed by atoms with Crippen LogP contribution >= 0.6 is 0 Å². The molecule has 0 saturated heterocycles. The summed E-state index contributed by atoms with van der Waals surface area (Å²) >= 11 is 0. The lowest BCUT2D eigenvalue weighted by molar-refractivity contribution is -0.126. The summed E-state index contributed by atoms with van der Waals surface area (Å²) in [6, 6.07) is 0. The lowest BCUT2D eigenvalue weighted by atomic mass is 9.68. The number of amides is 1. The fraction of sp³-hybridized carbons (Fsp3) is 0.889. The minimum absolute atomic E-state index is 0.108. The zero-order valence-electron chi connectivity index (χ0n) is 7.39. The van der Waals surface area contributed by atoms with E-state index < -0.39 is 0 Å². The average molecular weight is 155 g/mol. The molecule has 0 aromatic heterocycles. The molecule has 64 valence electrons. The van der Waals surface area contributed by atoms with Gasteiger partial charge in [0.2, 0.25) is 5.91 Å². The number of hydrogen-bond acceptors (Lipinski definition) is 1. The highest BCUT2D eigenvalue weighted by molar-refractivity contribution is 5.77. The third kappa shape index (κ3) is 1.73. The summed E-state index contributed by atoms with van der Waals surface area (Å²) in [4.78, 5) is 11.0. The van der Waals surface area contributed by atoms with Crippen LogP contribution in [0.1, 0.15) is 39.5 Å². The van der Waals surface area contributed by atoms with Crippen LogP contribution in [-0.2, 0) is 4.79 Å².